The van der Waals surface area contributed by atoms with E-state index >= 15 is 0 Å². The van der Waals surface area contributed by atoms with E-state index < -0.39 is 0 Å². The summed E-state index contributed by atoms with van der Waals surface area (Å²) in [6.07, 6.45) is 2.81. The molecule has 0 unspecified atom stereocenters. The number of hydrogen-bond acceptors (Lipinski definition) is 2. The Labute approximate surface area is 141 Å². The van der Waals surface area contributed by atoms with Gasteiger partial charge in [0, 0.05) is 22.2 Å². The normalized spacial score (nSPS) is 15.4. The van der Waals surface area contributed by atoms with Crippen molar-refractivity contribution in [1.82, 2.24) is 0 Å². The number of benzene rings is 2. The van der Waals surface area contributed by atoms with Crippen LogP contribution in [0.4, 0.5) is 0 Å². The first-order chi connectivity index (χ1) is 11.2. The van der Waals surface area contributed by atoms with Gasteiger partial charge >= 0.3 is 0 Å². The molecule has 0 saturated heterocycles. The minimum absolute atomic E-state index is 0.0456. The van der Waals surface area contributed by atoms with Crippen molar-refractivity contribution in [1.29, 1.82) is 0 Å². The number of Topliss-reactive ketones (excluding diaryl/α,β-unsaturated/α-hetero) is 1. The van der Waals surface area contributed by atoms with E-state index in [4.69, 9.17) is 16.3 Å². The molecule has 0 saturated carbocycles. The van der Waals surface area contributed by atoms with Crippen LogP contribution in [-0.2, 0) is 6.42 Å². The van der Waals surface area contributed by atoms with E-state index in [1.165, 1.54) is 5.56 Å². The maximum Gasteiger partial charge on any atom is 0.159 e. The van der Waals surface area contributed by atoms with Crippen molar-refractivity contribution >= 4 is 23.0 Å². The second-order valence-corrected chi connectivity index (χ2v) is 5.79. The Bertz CT molecular complexity index is 789. The molecule has 3 heteroatoms. The van der Waals surface area contributed by atoms with E-state index in [1.54, 1.807) is 18.5 Å². The van der Waals surface area contributed by atoms with Gasteiger partial charge in [-0.25, -0.2) is 0 Å². The second-order valence-electron chi connectivity index (χ2n) is 5.57. The van der Waals surface area contributed by atoms with E-state index in [0.717, 1.165) is 28.9 Å². The SMILES string of the molecule is CC(=O)c1ccc2c(c1)C(Cc1ccccc1)=CC(=CCl)CO2. The lowest BCUT2D eigenvalue weighted by Gasteiger charge is -2.12. The monoisotopic (exact) mass is 324 g/mol. The minimum atomic E-state index is 0.0456. The molecule has 0 aliphatic carbocycles. The van der Waals surface area contributed by atoms with Gasteiger partial charge in [-0.3, -0.25) is 4.79 Å². The molecule has 0 atom stereocenters. The fourth-order valence-corrected chi connectivity index (χ4v) is 2.78. The van der Waals surface area contributed by atoms with Gasteiger partial charge in [-0.05, 0) is 42.7 Å². The van der Waals surface area contributed by atoms with Gasteiger partial charge in [0.2, 0.25) is 0 Å². The quantitative estimate of drug-likeness (QED) is 0.740. The summed E-state index contributed by atoms with van der Waals surface area (Å²) in [6, 6.07) is 15.8. The van der Waals surface area contributed by atoms with Crippen molar-refractivity contribution in [2.75, 3.05) is 6.61 Å². The predicted octanol–water partition coefficient (Wildman–Crippen LogP) is 5.03. The molecule has 3 rings (SSSR count). The lowest BCUT2D eigenvalue weighted by atomic mass is 9.94. The van der Waals surface area contributed by atoms with Gasteiger partial charge in [0.1, 0.15) is 12.4 Å². The van der Waals surface area contributed by atoms with Crippen LogP contribution in [0.2, 0.25) is 0 Å². The van der Waals surface area contributed by atoms with Gasteiger partial charge in [0.15, 0.2) is 5.78 Å². The van der Waals surface area contributed by atoms with Crippen molar-refractivity contribution in [3.63, 3.8) is 0 Å². The third-order valence-corrected chi connectivity index (χ3v) is 4.14. The lowest BCUT2D eigenvalue weighted by molar-refractivity contribution is 0.101. The summed E-state index contributed by atoms with van der Waals surface area (Å²) in [6.45, 7) is 2.00. The van der Waals surface area contributed by atoms with Crippen LogP contribution in [0, 0.1) is 0 Å². The Morgan fingerprint density at radius 2 is 2.00 bits per heavy atom. The summed E-state index contributed by atoms with van der Waals surface area (Å²) < 4.78 is 5.84. The van der Waals surface area contributed by atoms with E-state index in [1.807, 2.05) is 30.3 Å². The topological polar surface area (TPSA) is 26.3 Å². The summed E-state index contributed by atoms with van der Waals surface area (Å²) in [5, 5.41) is 0. The highest BCUT2D eigenvalue weighted by Crippen LogP contribution is 2.33. The molecule has 0 N–H and O–H groups in total. The third-order valence-electron chi connectivity index (χ3n) is 3.86. The highest BCUT2D eigenvalue weighted by Gasteiger charge is 2.16. The van der Waals surface area contributed by atoms with Gasteiger partial charge in [0.25, 0.3) is 0 Å². The van der Waals surface area contributed by atoms with Gasteiger partial charge in [-0.15, -0.1) is 0 Å². The molecule has 0 aromatic heterocycles. The van der Waals surface area contributed by atoms with Crippen molar-refractivity contribution in [3.05, 3.63) is 82.4 Å². The standard InChI is InChI=1S/C20H17ClO2/c1-14(22)17-7-8-20-19(11-17)18(10-16(12-21)13-23-20)9-15-5-3-2-4-6-15/h2-8,10-12H,9,13H2,1H3. The number of ketones is 1. The first-order valence-electron chi connectivity index (χ1n) is 7.49. The first kappa shape index (κ1) is 15.6. The van der Waals surface area contributed by atoms with Crippen molar-refractivity contribution in [2.45, 2.75) is 13.3 Å². The van der Waals surface area contributed by atoms with Crippen LogP contribution >= 0.6 is 11.6 Å². The smallest absolute Gasteiger partial charge is 0.159 e. The summed E-state index contributed by atoms with van der Waals surface area (Å²) >= 11 is 5.91. The number of ether oxygens (including phenoxy) is 1. The van der Waals surface area contributed by atoms with Crippen LogP contribution in [0.1, 0.15) is 28.4 Å². The summed E-state index contributed by atoms with van der Waals surface area (Å²) in [5.74, 6) is 0.829. The number of hydrogen-bond donors (Lipinski definition) is 0. The Hall–Kier alpha value is -2.32. The maximum absolute atomic E-state index is 11.7. The van der Waals surface area contributed by atoms with Gasteiger partial charge in [-0.1, -0.05) is 48.0 Å². The highest BCUT2D eigenvalue weighted by atomic mass is 35.5. The molecule has 0 radical (unpaired) electrons. The lowest BCUT2D eigenvalue weighted by Crippen LogP contribution is -2.00. The molecule has 23 heavy (non-hydrogen) atoms. The zero-order chi connectivity index (χ0) is 16.2. The van der Waals surface area contributed by atoms with Crippen LogP contribution in [0.5, 0.6) is 5.75 Å². The molecule has 2 aromatic rings. The van der Waals surface area contributed by atoms with Crippen LogP contribution in [0.25, 0.3) is 5.57 Å². The minimum Gasteiger partial charge on any atom is -0.488 e. The van der Waals surface area contributed by atoms with E-state index in [9.17, 15) is 4.79 Å². The number of allylic oxidation sites excluding steroid dienone is 1. The van der Waals surface area contributed by atoms with E-state index in [0.29, 0.717) is 12.2 Å². The Balaban J connectivity index is 2.08. The number of rotatable bonds is 3. The molecule has 0 spiro atoms. The van der Waals surface area contributed by atoms with Crippen LogP contribution in [0.3, 0.4) is 0 Å². The maximum atomic E-state index is 11.7. The van der Waals surface area contributed by atoms with Gasteiger partial charge < -0.3 is 4.74 Å². The number of carbonyl (C=O) groups is 1. The number of halogens is 1. The fourth-order valence-electron chi connectivity index (χ4n) is 2.66. The van der Waals surface area contributed by atoms with Crippen molar-refractivity contribution in [2.24, 2.45) is 0 Å². The third kappa shape index (κ3) is 3.54. The fraction of sp³-hybridized carbons (Fsp3) is 0.150. The molecule has 2 nitrogen and oxygen atoms in total. The molecule has 1 aliphatic heterocycles. The average Bonchev–Trinajstić information content (AvgIpc) is 2.75. The van der Waals surface area contributed by atoms with Gasteiger partial charge in [-0.2, -0.15) is 0 Å². The molecule has 0 fully saturated rings. The van der Waals surface area contributed by atoms with Crippen molar-refractivity contribution < 1.29 is 9.53 Å². The average molecular weight is 325 g/mol. The number of fused-ring (bicyclic) bond motifs is 1. The molecule has 0 bridgehead atoms. The Kier molecular flexibility index (Phi) is 4.63. The van der Waals surface area contributed by atoms with Crippen LogP contribution in [0.15, 0.2) is 65.7 Å². The molecule has 116 valence electrons. The highest BCUT2D eigenvalue weighted by molar-refractivity contribution is 6.26. The zero-order valence-electron chi connectivity index (χ0n) is 12.9. The van der Waals surface area contributed by atoms with E-state index in [-0.39, 0.29) is 5.78 Å². The Morgan fingerprint density at radius 1 is 1.22 bits per heavy atom. The second kappa shape index (κ2) is 6.84. The molecule has 0 amide bonds. The summed E-state index contributed by atoms with van der Waals surface area (Å²) in [4.78, 5) is 11.7. The molecular weight excluding hydrogens is 308 g/mol. The predicted molar refractivity (Wildman–Crippen MR) is 94.0 cm³/mol. The molecule has 2 aromatic carbocycles. The molecule has 1 aliphatic rings. The first-order valence-corrected chi connectivity index (χ1v) is 7.93. The molecule has 1 heterocycles. The van der Waals surface area contributed by atoms with Crippen molar-refractivity contribution in [3.8, 4) is 5.75 Å². The van der Waals surface area contributed by atoms with Crippen LogP contribution < -0.4 is 4.74 Å². The van der Waals surface area contributed by atoms with Gasteiger partial charge in [0.05, 0.1) is 0 Å². The van der Waals surface area contributed by atoms with Crippen LogP contribution in [-0.4, -0.2) is 12.4 Å². The summed E-state index contributed by atoms with van der Waals surface area (Å²) in [5.41, 5.74) is 6.40. The van der Waals surface area contributed by atoms with E-state index in [2.05, 4.69) is 18.2 Å². The zero-order valence-corrected chi connectivity index (χ0v) is 13.6. The Morgan fingerprint density at radius 3 is 2.70 bits per heavy atom. The number of carbonyl (C=O) groups excluding carboxylic acids is 1. The molecular formula is C20H17ClO2. The summed E-state index contributed by atoms with van der Waals surface area (Å²) in [7, 11) is 0. The largest absolute Gasteiger partial charge is 0.488 e.